The van der Waals surface area contributed by atoms with Gasteiger partial charge in [-0.1, -0.05) is 13.8 Å². The molecule has 2 aliphatic rings. The van der Waals surface area contributed by atoms with E-state index in [9.17, 15) is 0 Å². The Kier molecular flexibility index (Phi) is 3.96. The Morgan fingerprint density at radius 1 is 1.07 bits per heavy atom. The van der Waals surface area contributed by atoms with Crippen LogP contribution in [0.3, 0.4) is 0 Å². The number of likely N-dealkylation sites (tertiary alicyclic amines) is 2. The summed E-state index contributed by atoms with van der Waals surface area (Å²) >= 11 is 0. The molecule has 1 spiro atoms. The summed E-state index contributed by atoms with van der Waals surface area (Å²) in [5.41, 5.74) is 0.693. The molecule has 0 atom stereocenters. The number of rotatable bonds is 1. The fourth-order valence-corrected chi connectivity index (χ4v) is 2.60. The lowest BCUT2D eigenvalue weighted by molar-refractivity contribution is -0.0127. The van der Waals surface area contributed by atoms with Gasteiger partial charge in [-0.25, -0.2) is 0 Å². The van der Waals surface area contributed by atoms with Gasteiger partial charge in [0.2, 0.25) is 0 Å². The maximum Gasteiger partial charge on any atom is 0.00970 e. The Morgan fingerprint density at radius 2 is 1.64 bits per heavy atom. The van der Waals surface area contributed by atoms with E-state index in [0.717, 1.165) is 6.04 Å². The SMILES string of the molecule is CC.CC(C)N1CC2(CCN(C)C2)C1. The predicted molar refractivity (Wildman–Crippen MR) is 62.6 cm³/mol. The van der Waals surface area contributed by atoms with Gasteiger partial charge in [0.05, 0.1) is 0 Å². The van der Waals surface area contributed by atoms with Crippen LogP contribution in [0.15, 0.2) is 0 Å². The smallest absolute Gasteiger partial charge is 0.00970 e. The van der Waals surface area contributed by atoms with Crippen LogP contribution in [0.25, 0.3) is 0 Å². The molecule has 2 rings (SSSR count). The molecule has 0 aliphatic carbocycles. The maximum atomic E-state index is 2.58. The lowest BCUT2D eigenvalue weighted by Crippen LogP contribution is -2.59. The normalized spacial score (nSPS) is 26.1. The van der Waals surface area contributed by atoms with Crippen LogP contribution in [0.1, 0.15) is 34.1 Å². The van der Waals surface area contributed by atoms with Gasteiger partial charge in [0.15, 0.2) is 0 Å². The summed E-state index contributed by atoms with van der Waals surface area (Å²) in [4.78, 5) is 5.05. The van der Waals surface area contributed by atoms with Crippen molar-refractivity contribution in [2.45, 2.75) is 40.2 Å². The van der Waals surface area contributed by atoms with Crippen LogP contribution in [0.5, 0.6) is 0 Å². The highest BCUT2D eigenvalue weighted by Gasteiger charge is 2.46. The second-order valence-corrected chi connectivity index (χ2v) is 4.99. The molecule has 14 heavy (non-hydrogen) atoms. The minimum absolute atomic E-state index is 0.693. The first-order valence-corrected chi connectivity index (χ1v) is 6.04. The van der Waals surface area contributed by atoms with Gasteiger partial charge in [0.1, 0.15) is 0 Å². The summed E-state index contributed by atoms with van der Waals surface area (Å²) < 4.78 is 0. The van der Waals surface area contributed by atoms with Crippen molar-refractivity contribution in [1.82, 2.24) is 9.80 Å². The Morgan fingerprint density at radius 3 is 2.00 bits per heavy atom. The van der Waals surface area contributed by atoms with Crippen molar-refractivity contribution in [2.24, 2.45) is 5.41 Å². The van der Waals surface area contributed by atoms with Crippen LogP contribution in [-0.2, 0) is 0 Å². The zero-order chi connectivity index (χ0) is 10.8. The van der Waals surface area contributed by atoms with Crippen LogP contribution in [-0.4, -0.2) is 49.1 Å². The van der Waals surface area contributed by atoms with E-state index in [2.05, 4.69) is 30.7 Å². The third kappa shape index (κ3) is 2.29. The third-order valence-electron chi connectivity index (χ3n) is 3.44. The van der Waals surface area contributed by atoms with E-state index in [-0.39, 0.29) is 0 Å². The van der Waals surface area contributed by atoms with Gasteiger partial charge in [-0.2, -0.15) is 0 Å². The Balaban J connectivity index is 0.000000461. The van der Waals surface area contributed by atoms with Crippen LogP contribution < -0.4 is 0 Å². The maximum absolute atomic E-state index is 2.58. The zero-order valence-corrected chi connectivity index (χ0v) is 10.5. The monoisotopic (exact) mass is 198 g/mol. The average Bonchev–Trinajstić information content (AvgIpc) is 2.48. The van der Waals surface area contributed by atoms with E-state index in [1.165, 1.54) is 32.6 Å². The highest BCUT2D eigenvalue weighted by atomic mass is 15.3. The van der Waals surface area contributed by atoms with Crippen molar-refractivity contribution in [3.8, 4) is 0 Å². The largest absolute Gasteiger partial charge is 0.306 e. The lowest BCUT2D eigenvalue weighted by atomic mass is 9.78. The molecule has 2 heteroatoms. The van der Waals surface area contributed by atoms with Crippen molar-refractivity contribution in [1.29, 1.82) is 0 Å². The fourth-order valence-electron chi connectivity index (χ4n) is 2.60. The molecular weight excluding hydrogens is 172 g/mol. The second kappa shape index (κ2) is 4.63. The van der Waals surface area contributed by atoms with Gasteiger partial charge in [0.25, 0.3) is 0 Å². The van der Waals surface area contributed by atoms with Gasteiger partial charge >= 0.3 is 0 Å². The molecule has 2 heterocycles. The highest BCUT2D eigenvalue weighted by Crippen LogP contribution is 2.39. The van der Waals surface area contributed by atoms with Gasteiger partial charge < -0.3 is 4.90 Å². The van der Waals surface area contributed by atoms with Crippen molar-refractivity contribution < 1.29 is 0 Å². The van der Waals surface area contributed by atoms with E-state index in [1.807, 2.05) is 13.8 Å². The highest BCUT2D eigenvalue weighted by molar-refractivity contribution is 5.01. The lowest BCUT2D eigenvalue weighted by Gasteiger charge is -2.50. The molecule has 0 saturated carbocycles. The Hall–Kier alpha value is -0.0800. The molecule has 0 unspecified atom stereocenters. The molecule has 2 fully saturated rings. The van der Waals surface area contributed by atoms with Crippen molar-refractivity contribution in [3.63, 3.8) is 0 Å². The first-order valence-electron chi connectivity index (χ1n) is 6.04. The van der Waals surface area contributed by atoms with Gasteiger partial charge in [0, 0.05) is 31.1 Å². The molecule has 0 bridgehead atoms. The summed E-state index contributed by atoms with van der Waals surface area (Å²) in [6.07, 6.45) is 1.42. The van der Waals surface area contributed by atoms with Crippen molar-refractivity contribution in [3.05, 3.63) is 0 Å². The summed E-state index contributed by atoms with van der Waals surface area (Å²) in [7, 11) is 2.24. The summed E-state index contributed by atoms with van der Waals surface area (Å²) in [5.74, 6) is 0. The molecule has 0 radical (unpaired) electrons. The first-order chi connectivity index (χ1) is 6.61. The molecule has 2 nitrogen and oxygen atoms in total. The zero-order valence-electron chi connectivity index (χ0n) is 10.5. The number of hydrogen-bond acceptors (Lipinski definition) is 2. The van der Waals surface area contributed by atoms with Crippen molar-refractivity contribution in [2.75, 3.05) is 33.2 Å². The van der Waals surface area contributed by atoms with E-state index < -0.39 is 0 Å². The molecule has 0 aromatic heterocycles. The van der Waals surface area contributed by atoms with E-state index >= 15 is 0 Å². The average molecular weight is 198 g/mol. The molecule has 84 valence electrons. The van der Waals surface area contributed by atoms with E-state index in [4.69, 9.17) is 0 Å². The number of nitrogens with zero attached hydrogens (tertiary/aromatic N) is 2. The fraction of sp³-hybridized carbons (Fsp3) is 1.00. The Labute approximate surface area is 89.3 Å². The minimum Gasteiger partial charge on any atom is -0.306 e. The molecule has 0 N–H and O–H groups in total. The number of hydrogen-bond donors (Lipinski definition) is 0. The summed E-state index contributed by atoms with van der Waals surface area (Å²) in [6.45, 7) is 13.9. The van der Waals surface area contributed by atoms with Gasteiger partial charge in [-0.05, 0) is 33.9 Å². The molecule has 0 aromatic rings. The minimum atomic E-state index is 0.693. The summed E-state index contributed by atoms with van der Waals surface area (Å²) in [6, 6.07) is 0.751. The molecule has 0 amide bonds. The Bertz CT molecular complexity index is 171. The summed E-state index contributed by atoms with van der Waals surface area (Å²) in [5, 5.41) is 0. The van der Waals surface area contributed by atoms with E-state index in [1.54, 1.807) is 0 Å². The topological polar surface area (TPSA) is 6.48 Å². The van der Waals surface area contributed by atoms with Crippen LogP contribution in [0.4, 0.5) is 0 Å². The van der Waals surface area contributed by atoms with Crippen molar-refractivity contribution >= 4 is 0 Å². The quantitative estimate of drug-likeness (QED) is 0.636. The van der Waals surface area contributed by atoms with Crippen LogP contribution in [0, 0.1) is 5.41 Å². The molecule has 2 saturated heterocycles. The first kappa shape index (κ1) is 12.0. The van der Waals surface area contributed by atoms with Gasteiger partial charge in [-0.15, -0.1) is 0 Å². The van der Waals surface area contributed by atoms with Crippen LogP contribution >= 0.6 is 0 Å². The predicted octanol–water partition coefficient (Wildman–Crippen LogP) is 2.06. The molecular formula is C12H26N2. The van der Waals surface area contributed by atoms with Crippen LogP contribution in [0.2, 0.25) is 0 Å². The van der Waals surface area contributed by atoms with Gasteiger partial charge in [-0.3, -0.25) is 4.90 Å². The molecule has 2 aliphatic heterocycles. The standard InChI is InChI=1S/C10H20N2.C2H6/c1-9(2)12-7-10(8-12)4-5-11(3)6-10;1-2/h9H,4-8H2,1-3H3;1-2H3. The molecule has 0 aromatic carbocycles. The van der Waals surface area contributed by atoms with E-state index in [0.29, 0.717) is 5.41 Å². The second-order valence-electron chi connectivity index (χ2n) is 4.99. The third-order valence-corrected chi connectivity index (χ3v) is 3.44.